The quantitative estimate of drug-likeness (QED) is 0.848. The van der Waals surface area contributed by atoms with Crippen molar-refractivity contribution in [2.24, 2.45) is 5.41 Å². The Morgan fingerprint density at radius 3 is 2.64 bits per heavy atom. The van der Waals surface area contributed by atoms with Crippen molar-refractivity contribution in [2.75, 3.05) is 0 Å². The number of nitrogens with zero attached hydrogens (tertiary/aromatic N) is 1. The summed E-state index contributed by atoms with van der Waals surface area (Å²) in [6, 6.07) is 13.7. The predicted octanol–water partition coefficient (Wildman–Crippen LogP) is 4.21. The zero-order valence-electron chi connectivity index (χ0n) is 13.1. The van der Waals surface area contributed by atoms with Gasteiger partial charge in [0.15, 0.2) is 5.78 Å². The van der Waals surface area contributed by atoms with E-state index in [0.29, 0.717) is 18.9 Å². The number of hydrogen-bond acceptors (Lipinski definition) is 3. The standard InChI is InChI=1S/C19H21NO2/c1-3-19(2)11-16-15(17(21)12-19)9-10-18(20-16)22-13-14-7-5-4-6-8-14/h4-10H,3,11-13H2,1-2H3. The van der Waals surface area contributed by atoms with Gasteiger partial charge in [-0.05, 0) is 29.9 Å². The molecule has 1 heterocycles. The third-order valence-electron chi connectivity index (χ3n) is 4.51. The van der Waals surface area contributed by atoms with Crippen LogP contribution in [0.4, 0.5) is 0 Å². The van der Waals surface area contributed by atoms with E-state index in [4.69, 9.17) is 4.74 Å². The Balaban J connectivity index is 1.79. The summed E-state index contributed by atoms with van der Waals surface area (Å²) in [5, 5.41) is 0. The van der Waals surface area contributed by atoms with Crippen molar-refractivity contribution in [1.29, 1.82) is 0 Å². The number of fused-ring (bicyclic) bond motifs is 1. The van der Waals surface area contributed by atoms with E-state index in [9.17, 15) is 4.79 Å². The Morgan fingerprint density at radius 1 is 1.14 bits per heavy atom. The second-order valence-corrected chi connectivity index (χ2v) is 6.36. The molecule has 2 aromatic rings. The molecule has 114 valence electrons. The van der Waals surface area contributed by atoms with Crippen LogP contribution in [-0.4, -0.2) is 10.8 Å². The van der Waals surface area contributed by atoms with E-state index in [-0.39, 0.29) is 11.2 Å². The molecule has 0 spiro atoms. The maximum absolute atomic E-state index is 12.3. The first-order valence-electron chi connectivity index (χ1n) is 7.79. The van der Waals surface area contributed by atoms with Crippen LogP contribution in [0, 0.1) is 5.41 Å². The molecule has 1 aliphatic carbocycles. The maximum Gasteiger partial charge on any atom is 0.213 e. The summed E-state index contributed by atoms with van der Waals surface area (Å²) >= 11 is 0. The molecule has 3 heteroatoms. The Morgan fingerprint density at radius 2 is 1.91 bits per heavy atom. The average Bonchev–Trinajstić information content (AvgIpc) is 2.53. The molecule has 0 radical (unpaired) electrons. The maximum atomic E-state index is 12.3. The highest BCUT2D eigenvalue weighted by Gasteiger charge is 2.34. The predicted molar refractivity (Wildman–Crippen MR) is 86.1 cm³/mol. The monoisotopic (exact) mass is 295 g/mol. The number of ether oxygens (including phenoxy) is 1. The number of hydrogen-bond donors (Lipinski definition) is 0. The van der Waals surface area contributed by atoms with E-state index in [2.05, 4.69) is 18.8 Å². The third-order valence-corrected chi connectivity index (χ3v) is 4.51. The van der Waals surface area contributed by atoms with Gasteiger partial charge in [-0.3, -0.25) is 4.79 Å². The zero-order valence-corrected chi connectivity index (χ0v) is 13.1. The second-order valence-electron chi connectivity index (χ2n) is 6.36. The van der Waals surface area contributed by atoms with Crippen molar-refractivity contribution in [3.63, 3.8) is 0 Å². The van der Waals surface area contributed by atoms with Gasteiger partial charge in [0.2, 0.25) is 5.88 Å². The van der Waals surface area contributed by atoms with Gasteiger partial charge in [0.05, 0.1) is 5.69 Å². The van der Waals surface area contributed by atoms with E-state index < -0.39 is 0 Å². The fourth-order valence-electron chi connectivity index (χ4n) is 2.88. The highest BCUT2D eigenvalue weighted by atomic mass is 16.5. The first-order chi connectivity index (χ1) is 10.6. The van der Waals surface area contributed by atoms with Crippen LogP contribution in [0.5, 0.6) is 5.88 Å². The van der Waals surface area contributed by atoms with Crippen molar-refractivity contribution in [3.05, 3.63) is 59.3 Å². The number of ketones is 1. The van der Waals surface area contributed by atoms with Crippen molar-refractivity contribution in [1.82, 2.24) is 4.98 Å². The van der Waals surface area contributed by atoms with Crippen LogP contribution < -0.4 is 4.74 Å². The minimum Gasteiger partial charge on any atom is -0.473 e. The number of carbonyl (C=O) groups excluding carboxylic acids is 1. The summed E-state index contributed by atoms with van der Waals surface area (Å²) in [7, 11) is 0. The lowest BCUT2D eigenvalue weighted by atomic mass is 9.72. The van der Waals surface area contributed by atoms with Crippen LogP contribution >= 0.6 is 0 Å². The molecule has 0 saturated heterocycles. The van der Waals surface area contributed by atoms with Gasteiger partial charge in [0.25, 0.3) is 0 Å². The van der Waals surface area contributed by atoms with E-state index >= 15 is 0 Å². The van der Waals surface area contributed by atoms with Gasteiger partial charge < -0.3 is 4.74 Å². The first-order valence-corrected chi connectivity index (χ1v) is 7.79. The molecule has 0 fully saturated rings. The van der Waals surface area contributed by atoms with Gasteiger partial charge in [0, 0.05) is 18.1 Å². The smallest absolute Gasteiger partial charge is 0.213 e. The highest BCUT2D eigenvalue weighted by molar-refractivity contribution is 5.98. The lowest BCUT2D eigenvalue weighted by molar-refractivity contribution is 0.0892. The molecule has 1 aliphatic rings. The molecule has 22 heavy (non-hydrogen) atoms. The van der Waals surface area contributed by atoms with E-state index in [1.165, 1.54) is 0 Å². The summed E-state index contributed by atoms with van der Waals surface area (Å²) in [6.45, 7) is 4.78. The number of Topliss-reactive ketones (excluding diaryl/α,β-unsaturated/α-hetero) is 1. The molecule has 3 nitrogen and oxygen atoms in total. The van der Waals surface area contributed by atoms with Gasteiger partial charge in [0.1, 0.15) is 6.61 Å². The number of pyridine rings is 1. The minimum atomic E-state index is 0.0230. The van der Waals surface area contributed by atoms with Crippen molar-refractivity contribution in [2.45, 2.75) is 39.7 Å². The summed E-state index contributed by atoms with van der Waals surface area (Å²) in [6.07, 6.45) is 2.43. The largest absolute Gasteiger partial charge is 0.473 e. The second kappa shape index (κ2) is 5.91. The number of carbonyl (C=O) groups is 1. The van der Waals surface area contributed by atoms with Crippen LogP contribution in [-0.2, 0) is 13.0 Å². The number of aromatic nitrogens is 1. The molecule has 0 aliphatic heterocycles. The number of benzene rings is 1. The molecule has 1 unspecified atom stereocenters. The summed E-state index contributed by atoms with van der Waals surface area (Å²) in [5.41, 5.74) is 2.77. The summed E-state index contributed by atoms with van der Waals surface area (Å²) in [5.74, 6) is 0.795. The first kappa shape index (κ1) is 14.8. The molecular weight excluding hydrogens is 274 g/mol. The van der Waals surface area contributed by atoms with Gasteiger partial charge in [-0.1, -0.05) is 44.2 Å². The fraction of sp³-hybridized carbons (Fsp3) is 0.368. The van der Waals surface area contributed by atoms with Gasteiger partial charge in [-0.15, -0.1) is 0 Å². The van der Waals surface area contributed by atoms with Crippen molar-refractivity contribution < 1.29 is 9.53 Å². The average molecular weight is 295 g/mol. The van der Waals surface area contributed by atoms with Crippen LogP contribution in [0.25, 0.3) is 0 Å². The Bertz CT molecular complexity index is 681. The normalized spacial score (nSPS) is 20.5. The minimum absolute atomic E-state index is 0.0230. The molecule has 1 aromatic heterocycles. The zero-order chi connectivity index (χ0) is 15.6. The van der Waals surface area contributed by atoms with Crippen LogP contribution in [0.3, 0.4) is 0 Å². The Kier molecular flexibility index (Phi) is 3.97. The Hall–Kier alpha value is -2.16. The van der Waals surface area contributed by atoms with Gasteiger partial charge in [-0.2, -0.15) is 0 Å². The molecular formula is C19H21NO2. The molecule has 0 N–H and O–H groups in total. The summed E-state index contributed by atoms with van der Waals surface area (Å²) < 4.78 is 5.77. The lowest BCUT2D eigenvalue weighted by Gasteiger charge is -2.32. The number of rotatable bonds is 4. The summed E-state index contributed by atoms with van der Waals surface area (Å²) in [4.78, 5) is 16.8. The van der Waals surface area contributed by atoms with E-state index in [0.717, 1.165) is 29.7 Å². The van der Waals surface area contributed by atoms with Crippen LogP contribution in [0.1, 0.15) is 48.3 Å². The third kappa shape index (κ3) is 3.03. The fourth-order valence-corrected chi connectivity index (χ4v) is 2.88. The van der Waals surface area contributed by atoms with E-state index in [1.54, 1.807) is 6.07 Å². The molecule has 0 bridgehead atoms. The molecule has 0 amide bonds. The van der Waals surface area contributed by atoms with Crippen LogP contribution in [0.2, 0.25) is 0 Å². The molecule has 1 atom stereocenters. The van der Waals surface area contributed by atoms with Crippen molar-refractivity contribution >= 4 is 5.78 Å². The van der Waals surface area contributed by atoms with Gasteiger partial charge in [-0.25, -0.2) is 4.98 Å². The van der Waals surface area contributed by atoms with Gasteiger partial charge >= 0.3 is 0 Å². The molecule has 3 rings (SSSR count). The topological polar surface area (TPSA) is 39.2 Å². The highest BCUT2D eigenvalue weighted by Crippen LogP contribution is 2.37. The van der Waals surface area contributed by atoms with E-state index in [1.807, 2.05) is 36.4 Å². The molecule has 0 saturated carbocycles. The van der Waals surface area contributed by atoms with Crippen molar-refractivity contribution in [3.8, 4) is 5.88 Å². The molecule has 1 aromatic carbocycles. The SMILES string of the molecule is CCC1(C)CC(=O)c2ccc(OCc3ccccc3)nc2C1. The lowest BCUT2D eigenvalue weighted by Crippen LogP contribution is -2.30. The Labute approximate surface area is 131 Å². The van der Waals surface area contributed by atoms with Crippen LogP contribution in [0.15, 0.2) is 42.5 Å².